The van der Waals surface area contributed by atoms with Crippen LogP contribution in [0.2, 0.25) is 0 Å². The van der Waals surface area contributed by atoms with Crippen LogP contribution in [0.5, 0.6) is 0 Å². The van der Waals surface area contributed by atoms with E-state index in [0.717, 1.165) is 32.1 Å². The summed E-state index contributed by atoms with van der Waals surface area (Å²) >= 11 is 3.78. The number of nitrogens with two attached hydrogens (primary N) is 1. The molecule has 2 aromatic rings. The largest absolute Gasteiger partial charge is 0.398 e. The summed E-state index contributed by atoms with van der Waals surface area (Å²) in [5.74, 6) is 2.04. The molecule has 2 aliphatic heterocycles. The van der Waals surface area contributed by atoms with Gasteiger partial charge in [0.15, 0.2) is 0 Å². The van der Waals surface area contributed by atoms with Gasteiger partial charge in [-0.15, -0.1) is 0 Å². The Morgan fingerprint density at radius 1 is 0.656 bits per heavy atom. The van der Waals surface area contributed by atoms with E-state index < -0.39 is 0 Å². The number of rotatable bonds is 4. The fourth-order valence-corrected chi connectivity index (χ4v) is 6.20. The molecule has 0 saturated carbocycles. The highest BCUT2D eigenvalue weighted by Crippen LogP contribution is 2.40. The standard InChI is InChI=1S/C14H19BrO.C14H21NO/c2*1-8(2)11-5-10-6-16-7-12(10)13(9(3)4)14(11)15/h5,8-9H,6-7H2,1-4H3;5,8-9H,6-7,15H2,1-4H3. The van der Waals surface area contributed by atoms with Crippen molar-refractivity contribution in [3.63, 3.8) is 0 Å². The van der Waals surface area contributed by atoms with Crippen molar-refractivity contribution in [3.05, 3.63) is 61.1 Å². The van der Waals surface area contributed by atoms with Gasteiger partial charge in [0.05, 0.1) is 26.4 Å². The molecule has 0 amide bonds. The van der Waals surface area contributed by atoms with Gasteiger partial charge in [-0.3, -0.25) is 0 Å². The fourth-order valence-electron chi connectivity index (χ4n) is 4.93. The zero-order valence-corrected chi connectivity index (χ0v) is 22.7. The number of anilines is 1. The van der Waals surface area contributed by atoms with Gasteiger partial charge in [-0.25, -0.2) is 0 Å². The molecular formula is C28H40BrNO2. The second-order valence-electron chi connectivity index (χ2n) is 10.4. The van der Waals surface area contributed by atoms with Crippen molar-refractivity contribution >= 4 is 21.6 Å². The fraction of sp³-hybridized carbons (Fsp3) is 0.571. The van der Waals surface area contributed by atoms with Crippen molar-refractivity contribution < 1.29 is 9.47 Å². The Kier molecular flexibility index (Phi) is 8.11. The Balaban J connectivity index is 0.000000181. The van der Waals surface area contributed by atoms with E-state index in [1.54, 1.807) is 0 Å². The molecule has 2 N–H and O–H groups in total. The van der Waals surface area contributed by atoms with Gasteiger partial charge in [0, 0.05) is 10.2 Å². The first kappa shape index (κ1) is 25.3. The van der Waals surface area contributed by atoms with E-state index in [4.69, 9.17) is 15.2 Å². The monoisotopic (exact) mass is 501 g/mol. The SMILES string of the molecule is CC(C)c1cc2c(c(C(C)C)c1Br)COC2.CC(C)c1cc2c(c(C(C)C)c1N)COC2. The predicted molar refractivity (Wildman–Crippen MR) is 138 cm³/mol. The number of halogens is 1. The summed E-state index contributed by atoms with van der Waals surface area (Å²) in [7, 11) is 0. The molecule has 4 heteroatoms. The third-order valence-corrected chi connectivity index (χ3v) is 7.47. The lowest BCUT2D eigenvalue weighted by Crippen LogP contribution is -2.07. The quantitative estimate of drug-likeness (QED) is 0.428. The van der Waals surface area contributed by atoms with Crippen molar-refractivity contribution in [2.45, 2.75) is 105 Å². The van der Waals surface area contributed by atoms with Crippen LogP contribution in [-0.4, -0.2) is 0 Å². The maximum atomic E-state index is 6.30. The van der Waals surface area contributed by atoms with Crippen LogP contribution in [0.4, 0.5) is 5.69 Å². The second kappa shape index (κ2) is 10.3. The van der Waals surface area contributed by atoms with E-state index in [9.17, 15) is 0 Å². The van der Waals surface area contributed by atoms with Gasteiger partial charge in [0.1, 0.15) is 0 Å². The highest BCUT2D eigenvalue weighted by Gasteiger charge is 2.24. The molecule has 0 unspecified atom stereocenters. The molecule has 0 aliphatic carbocycles. The van der Waals surface area contributed by atoms with E-state index in [1.807, 2.05) is 0 Å². The van der Waals surface area contributed by atoms with Crippen LogP contribution >= 0.6 is 15.9 Å². The molecule has 0 radical (unpaired) electrons. The van der Waals surface area contributed by atoms with Crippen LogP contribution in [0.3, 0.4) is 0 Å². The number of hydrogen-bond donors (Lipinski definition) is 1. The Morgan fingerprint density at radius 2 is 1.09 bits per heavy atom. The number of nitrogen functional groups attached to an aromatic ring is 1. The summed E-state index contributed by atoms with van der Waals surface area (Å²) < 4.78 is 12.4. The Morgan fingerprint density at radius 3 is 1.53 bits per heavy atom. The number of fused-ring (bicyclic) bond motifs is 2. The minimum Gasteiger partial charge on any atom is -0.398 e. The van der Waals surface area contributed by atoms with E-state index in [-0.39, 0.29) is 0 Å². The molecule has 0 aromatic heterocycles. The summed E-state index contributed by atoms with van der Waals surface area (Å²) in [4.78, 5) is 0. The van der Waals surface area contributed by atoms with Gasteiger partial charge in [-0.1, -0.05) is 83.5 Å². The van der Waals surface area contributed by atoms with Gasteiger partial charge in [0.25, 0.3) is 0 Å². The average molecular weight is 503 g/mol. The lowest BCUT2D eigenvalue weighted by atomic mass is 9.87. The molecule has 2 aliphatic rings. The zero-order chi connectivity index (χ0) is 23.7. The average Bonchev–Trinajstić information content (AvgIpc) is 3.34. The summed E-state index contributed by atoms with van der Waals surface area (Å²) in [5.41, 5.74) is 18.2. The molecule has 2 aromatic carbocycles. The highest BCUT2D eigenvalue weighted by atomic mass is 79.9. The van der Waals surface area contributed by atoms with Crippen molar-refractivity contribution in [1.82, 2.24) is 0 Å². The third kappa shape index (κ3) is 4.93. The van der Waals surface area contributed by atoms with E-state index in [2.05, 4.69) is 83.5 Å². The van der Waals surface area contributed by atoms with E-state index in [0.29, 0.717) is 23.7 Å². The molecule has 0 fully saturated rings. The van der Waals surface area contributed by atoms with Gasteiger partial charge in [-0.05, 0) is 68.2 Å². The highest BCUT2D eigenvalue weighted by molar-refractivity contribution is 9.10. The van der Waals surface area contributed by atoms with Crippen LogP contribution < -0.4 is 5.73 Å². The first-order valence-electron chi connectivity index (χ1n) is 12.0. The van der Waals surface area contributed by atoms with Gasteiger partial charge >= 0.3 is 0 Å². The lowest BCUT2D eigenvalue weighted by molar-refractivity contribution is 0.134. The molecule has 4 rings (SSSR count). The van der Waals surface area contributed by atoms with Crippen LogP contribution in [0.25, 0.3) is 0 Å². The summed E-state index contributed by atoms with van der Waals surface area (Å²) in [5, 5.41) is 0. The normalized spacial score (nSPS) is 14.9. The summed E-state index contributed by atoms with van der Waals surface area (Å²) in [6.45, 7) is 20.8. The van der Waals surface area contributed by atoms with Crippen LogP contribution in [0, 0.1) is 0 Å². The zero-order valence-electron chi connectivity index (χ0n) is 21.1. The van der Waals surface area contributed by atoms with Crippen molar-refractivity contribution in [3.8, 4) is 0 Å². The van der Waals surface area contributed by atoms with Crippen molar-refractivity contribution in [1.29, 1.82) is 0 Å². The molecule has 2 heterocycles. The molecule has 0 atom stereocenters. The number of benzene rings is 2. The summed E-state index contributed by atoms with van der Waals surface area (Å²) in [6, 6.07) is 4.54. The molecule has 0 saturated heterocycles. The van der Waals surface area contributed by atoms with E-state index in [1.165, 1.54) is 49.0 Å². The molecule has 0 spiro atoms. The maximum absolute atomic E-state index is 6.30. The van der Waals surface area contributed by atoms with Gasteiger partial charge in [-0.2, -0.15) is 0 Å². The smallest absolute Gasteiger partial charge is 0.0728 e. The van der Waals surface area contributed by atoms with Crippen molar-refractivity contribution in [2.75, 3.05) is 5.73 Å². The Hall–Kier alpha value is -1.36. The maximum Gasteiger partial charge on any atom is 0.0728 e. The van der Waals surface area contributed by atoms with Crippen LogP contribution in [0.15, 0.2) is 16.6 Å². The molecule has 3 nitrogen and oxygen atoms in total. The van der Waals surface area contributed by atoms with E-state index >= 15 is 0 Å². The van der Waals surface area contributed by atoms with Gasteiger partial charge in [0.2, 0.25) is 0 Å². The molecule has 176 valence electrons. The van der Waals surface area contributed by atoms with Crippen molar-refractivity contribution in [2.24, 2.45) is 0 Å². The second-order valence-corrected chi connectivity index (χ2v) is 11.2. The first-order chi connectivity index (χ1) is 15.0. The minimum absolute atomic E-state index is 0.467. The topological polar surface area (TPSA) is 44.5 Å². The number of ether oxygens (including phenoxy) is 2. The Labute approximate surface area is 203 Å². The Bertz CT molecular complexity index is 897. The third-order valence-electron chi connectivity index (χ3n) is 6.58. The number of hydrogen-bond acceptors (Lipinski definition) is 3. The predicted octanol–water partition coefficient (Wildman–Crippen LogP) is 8.27. The van der Waals surface area contributed by atoms with Crippen LogP contribution in [-0.2, 0) is 35.9 Å². The van der Waals surface area contributed by atoms with Crippen LogP contribution in [0.1, 0.15) is 124 Å². The van der Waals surface area contributed by atoms with Gasteiger partial charge < -0.3 is 15.2 Å². The molecule has 0 bridgehead atoms. The molecule has 32 heavy (non-hydrogen) atoms. The molecular weight excluding hydrogens is 462 g/mol. The lowest BCUT2D eigenvalue weighted by Gasteiger charge is -2.20. The minimum atomic E-state index is 0.467. The summed E-state index contributed by atoms with van der Waals surface area (Å²) in [6.07, 6.45) is 0. The first-order valence-corrected chi connectivity index (χ1v) is 12.8.